The molecule has 0 fully saturated rings. The van der Waals surface area contributed by atoms with Gasteiger partial charge in [-0.15, -0.1) is 0 Å². The van der Waals surface area contributed by atoms with Crippen molar-refractivity contribution in [1.29, 1.82) is 0 Å². The van der Waals surface area contributed by atoms with Crippen LogP contribution in [0, 0.1) is 0 Å². The van der Waals surface area contributed by atoms with E-state index in [-0.39, 0.29) is 13.2 Å². The summed E-state index contributed by atoms with van der Waals surface area (Å²) >= 11 is 0. The van der Waals surface area contributed by atoms with Gasteiger partial charge in [0.05, 0.1) is 25.1 Å². The van der Waals surface area contributed by atoms with Gasteiger partial charge in [0.1, 0.15) is 5.75 Å². The van der Waals surface area contributed by atoms with Crippen molar-refractivity contribution in [3.63, 3.8) is 0 Å². The van der Waals surface area contributed by atoms with Gasteiger partial charge in [-0.3, -0.25) is 9.59 Å². The predicted octanol–water partition coefficient (Wildman–Crippen LogP) is 2.37. The molecule has 7 nitrogen and oxygen atoms in total. The zero-order valence-electron chi connectivity index (χ0n) is 13.5. The summed E-state index contributed by atoms with van der Waals surface area (Å²) in [4.78, 5) is 23.8. The molecule has 2 aromatic carbocycles. The summed E-state index contributed by atoms with van der Waals surface area (Å²) in [5.41, 5.74) is 0.972. The number of amides is 1. The number of para-hydroxylation sites is 1. The largest absolute Gasteiger partial charge is 0.497 e. The number of carboxylic acid groups (broad SMARTS) is 1. The van der Waals surface area contributed by atoms with Crippen LogP contribution in [-0.4, -0.2) is 30.9 Å². The first-order valence-corrected chi connectivity index (χ1v) is 7.63. The minimum atomic E-state index is -1.01. The van der Waals surface area contributed by atoms with Crippen molar-refractivity contribution in [3.8, 4) is 17.2 Å². The SMILES string of the molecule is COc1ccc([C@@H](CC(=O)O)NC(=O)c2cccc3c2OCO3)cc1. The molecule has 3 rings (SSSR count). The van der Waals surface area contributed by atoms with Crippen LogP contribution in [-0.2, 0) is 4.79 Å². The van der Waals surface area contributed by atoms with Gasteiger partial charge < -0.3 is 24.6 Å². The van der Waals surface area contributed by atoms with E-state index in [1.165, 1.54) is 0 Å². The topological polar surface area (TPSA) is 94.1 Å². The lowest BCUT2D eigenvalue weighted by Gasteiger charge is -2.18. The van der Waals surface area contributed by atoms with Crippen molar-refractivity contribution in [1.82, 2.24) is 5.32 Å². The van der Waals surface area contributed by atoms with Crippen molar-refractivity contribution in [2.45, 2.75) is 12.5 Å². The molecule has 7 heteroatoms. The number of ether oxygens (including phenoxy) is 3. The van der Waals surface area contributed by atoms with Crippen LogP contribution in [0.2, 0.25) is 0 Å². The zero-order valence-corrected chi connectivity index (χ0v) is 13.5. The van der Waals surface area contributed by atoms with Crippen LogP contribution >= 0.6 is 0 Å². The molecule has 0 saturated carbocycles. The molecule has 0 bridgehead atoms. The van der Waals surface area contributed by atoms with E-state index in [0.717, 1.165) is 0 Å². The molecule has 1 amide bonds. The molecule has 0 spiro atoms. The number of fused-ring (bicyclic) bond motifs is 1. The minimum absolute atomic E-state index is 0.0522. The van der Waals surface area contributed by atoms with Crippen LogP contribution in [0.15, 0.2) is 42.5 Å². The van der Waals surface area contributed by atoms with Gasteiger partial charge in [0.15, 0.2) is 11.5 Å². The Balaban J connectivity index is 1.83. The van der Waals surface area contributed by atoms with E-state index in [2.05, 4.69) is 5.32 Å². The Morgan fingerprint density at radius 1 is 1.20 bits per heavy atom. The Labute approximate surface area is 144 Å². The lowest BCUT2D eigenvalue weighted by Crippen LogP contribution is -2.30. The normalized spacial score (nSPS) is 13.2. The Kier molecular flexibility index (Phi) is 4.74. The standard InChI is InChI=1S/C18H17NO6/c1-23-12-7-5-11(6-8-12)14(9-16(20)21)19-18(22)13-3-2-4-15-17(13)25-10-24-15/h2-8,14H,9-10H2,1H3,(H,19,22)(H,20,21)/t14-/m1/s1. The summed E-state index contributed by atoms with van der Waals surface area (Å²) < 4.78 is 15.7. The maximum atomic E-state index is 12.6. The number of rotatable bonds is 6. The molecule has 1 aliphatic rings. The number of carbonyl (C=O) groups is 2. The quantitative estimate of drug-likeness (QED) is 0.836. The van der Waals surface area contributed by atoms with Crippen molar-refractivity contribution in [2.75, 3.05) is 13.9 Å². The monoisotopic (exact) mass is 343 g/mol. The van der Waals surface area contributed by atoms with Gasteiger partial charge in [0, 0.05) is 0 Å². The number of benzene rings is 2. The van der Waals surface area contributed by atoms with Gasteiger partial charge in [-0.2, -0.15) is 0 Å². The van der Waals surface area contributed by atoms with Gasteiger partial charge in [0.25, 0.3) is 5.91 Å². The molecule has 1 heterocycles. The molecule has 0 saturated heterocycles. The Hall–Kier alpha value is -3.22. The molecule has 1 aliphatic heterocycles. The Morgan fingerprint density at radius 2 is 1.96 bits per heavy atom. The molecule has 2 aromatic rings. The van der Waals surface area contributed by atoms with Gasteiger partial charge in [-0.1, -0.05) is 18.2 Å². The summed E-state index contributed by atoms with van der Waals surface area (Å²) in [7, 11) is 1.55. The molecule has 0 aliphatic carbocycles. The van der Waals surface area contributed by atoms with Gasteiger partial charge in [-0.05, 0) is 29.8 Å². The van der Waals surface area contributed by atoms with E-state index in [0.29, 0.717) is 28.4 Å². The maximum Gasteiger partial charge on any atom is 0.305 e. The Morgan fingerprint density at radius 3 is 2.64 bits per heavy atom. The van der Waals surface area contributed by atoms with Crippen molar-refractivity contribution in [2.24, 2.45) is 0 Å². The van der Waals surface area contributed by atoms with Crippen LogP contribution in [0.4, 0.5) is 0 Å². The van der Waals surface area contributed by atoms with Crippen molar-refractivity contribution >= 4 is 11.9 Å². The third-order valence-electron chi connectivity index (χ3n) is 3.84. The number of hydrogen-bond donors (Lipinski definition) is 2. The number of methoxy groups -OCH3 is 1. The van der Waals surface area contributed by atoms with Crippen LogP contribution < -0.4 is 19.5 Å². The highest BCUT2D eigenvalue weighted by atomic mass is 16.7. The highest BCUT2D eigenvalue weighted by Gasteiger charge is 2.25. The van der Waals surface area contributed by atoms with E-state index < -0.39 is 17.9 Å². The molecule has 130 valence electrons. The molecule has 1 atom stereocenters. The molecule has 0 radical (unpaired) electrons. The van der Waals surface area contributed by atoms with E-state index in [1.54, 1.807) is 49.6 Å². The Bertz CT molecular complexity index is 787. The third-order valence-corrected chi connectivity index (χ3v) is 3.84. The first-order valence-electron chi connectivity index (χ1n) is 7.63. The lowest BCUT2D eigenvalue weighted by atomic mass is 10.0. The first kappa shape index (κ1) is 16.6. The maximum absolute atomic E-state index is 12.6. The fourth-order valence-corrected chi connectivity index (χ4v) is 2.61. The number of hydrogen-bond acceptors (Lipinski definition) is 5. The molecule has 0 unspecified atom stereocenters. The van der Waals surface area contributed by atoms with Crippen LogP contribution in [0.5, 0.6) is 17.2 Å². The summed E-state index contributed by atoms with van der Waals surface area (Å²) in [6.45, 7) is 0.0522. The second-order valence-electron chi connectivity index (χ2n) is 5.44. The number of nitrogens with one attached hydrogen (secondary N) is 1. The highest BCUT2D eigenvalue weighted by molar-refractivity contribution is 5.98. The molecular formula is C18H17NO6. The highest BCUT2D eigenvalue weighted by Crippen LogP contribution is 2.35. The van der Waals surface area contributed by atoms with E-state index >= 15 is 0 Å². The third kappa shape index (κ3) is 3.65. The minimum Gasteiger partial charge on any atom is -0.497 e. The molecular weight excluding hydrogens is 326 g/mol. The van der Waals surface area contributed by atoms with Crippen molar-refractivity contribution in [3.05, 3.63) is 53.6 Å². The van der Waals surface area contributed by atoms with Crippen LogP contribution in [0.1, 0.15) is 28.4 Å². The lowest BCUT2D eigenvalue weighted by molar-refractivity contribution is -0.137. The smallest absolute Gasteiger partial charge is 0.305 e. The predicted molar refractivity (Wildman–Crippen MR) is 88.0 cm³/mol. The van der Waals surface area contributed by atoms with E-state index in [4.69, 9.17) is 19.3 Å². The van der Waals surface area contributed by atoms with Gasteiger partial charge in [0.2, 0.25) is 6.79 Å². The fraction of sp³-hybridized carbons (Fsp3) is 0.222. The molecule has 2 N–H and O–H groups in total. The second kappa shape index (κ2) is 7.12. The summed E-state index contributed by atoms with van der Waals surface area (Å²) in [5, 5.41) is 11.9. The van der Waals surface area contributed by atoms with Crippen LogP contribution in [0.25, 0.3) is 0 Å². The number of carbonyl (C=O) groups excluding carboxylic acids is 1. The number of carboxylic acids is 1. The molecule has 25 heavy (non-hydrogen) atoms. The summed E-state index contributed by atoms with van der Waals surface area (Å²) in [6, 6.07) is 11.2. The second-order valence-corrected chi connectivity index (χ2v) is 5.44. The van der Waals surface area contributed by atoms with Gasteiger partial charge in [-0.25, -0.2) is 0 Å². The zero-order chi connectivity index (χ0) is 17.8. The van der Waals surface area contributed by atoms with Gasteiger partial charge >= 0.3 is 5.97 Å². The van der Waals surface area contributed by atoms with Crippen molar-refractivity contribution < 1.29 is 28.9 Å². The average Bonchev–Trinajstić information content (AvgIpc) is 3.09. The van der Waals surface area contributed by atoms with Crippen LogP contribution in [0.3, 0.4) is 0 Å². The molecule has 0 aromatic heterocycles. The first-order chi connectivity index (χ1) is 12.1. The number of aliphatic carboxylic acids is 1. The fourth-order valence-electron chi connectivity index (χ4n) is 2.61. The van der Waals surface area contributed by atoms with E-state index in [9.17, 15) is 9.59 Å². The summed E-state index contributed by atoms with van der Waals surface area (Å²) in [6.07, 6.45) is -0.246. The van der Waals surface area contributed by atoms with E-state index in [1.807, 2.05) is 0 Å². The average molecular weight is 343 g/mol. The summed E-state index contributed by atoms with van der Waals surface area (Å²) in [5.74, 6) is 0.0645.